The molecule has 0 N–H and O–H groups in total. The van der Waals surface area contributed by atoms with Crippen molar-refractivity contribution in [2.75, 3.05) is 0 Å². The van der Waals surface area contributed by atoms with Crippen molar-refractivity contribution < 1.29 is 9.18 Å². The number of hydrogen-bond acceptors (Lipinski definition) is 1. The molecule has 0 aromatic heterocycles. The average molecular weight is 297 g/mol. The Morgan fingerprint density at radius 2 is 1.68 bits per heavy atom. The maximum absolute atomic E-state index is 13.9. The summed E-state index contributed by atoms with van der Waals surface area (Å²) in [7, 11) is 0. The van der Waals surface area contributed by atoms with Crippen LogP contribution in [0.4, 0.5) is 4.39 Å². The summed E-state index contributed by atoms with van der Waals surface area (Å²) in [6, 6.07) is 9.75. The second kappa shape index (κ2) is 5.72. The van der Waals surface area contributed by atoms with Crippen molar-refractivity contribution in [2.24, 2.45) is 0 Å². The first-order chi connectivity index (χ1) is 9.00. The van der Waals surface area contributed by atoms with E-state index in [2.05, 4.69) is 0 Å². The van der Waals surface area contributed by atoms with Crippen molar-refractivity contribution in [2.45, 2.75) is 13.3 Å². The van der Waals surface area contributed by atoms with Crippen LogP contribution in [0.1, 0.15) is 21.5 Å². The summed E-state index contributed by atoms with van der Waals surface area (Å²) in [5.74, 6) is -0.827. The van der Waals surface area contributed by atoms with E-state index in [0.29, 0.717) is 21.2 Å². The number of benzene rings is 2. The number of aryl methyl sites for hydroxylation is 1. The zero-order valence-corrected chi connectivity index (χ0v) is 11.7. The van der Waals surface area contributed by atoms with Gasteiger partial charge in [0, 0.05) is 16.5 Å². The van der Waals surface area contributed by atoms with Crippen molar-refractivity contribution in [3.8, 4) is 0 Å². The largest absolute Gasteiger partial charge is 0.294 e. The molecule has 0 heterocycles. The van der Waals surface area contributed by atoms with E-state index in [1.165, 1.54) is 6.07 Å². The molecule has 0 fully saturated rings. The monoisotopic (exact) mass is 296 g/mol. The maximum atomic E-state index is 13.9. The molecule has 2 aromatic rings. The van der Waals surface area contributed by atoms with E-state index >= 15 is 0 Å². The SMILES string of the molecule is Cc1cccc(C(=O)Cc2c(Cl)cccc2Cl)c1F. The Bertz CT molecular complexity index is 618. The summed E-state index contributed by atoms with van der Waals surface area (Å²) in [6.07, 6.45) is -0.0150. The van der Waals surface area contributed by atoms with Gasteiger partial charge in [-0.05, 0) is 36.2 Å². The number of carbonyl (C=O) groups is 1. The van der Waals surface area contributed by atoms with Crippen LogP contribution in [0.2, 0.25) is 10.0 Å². The molecule has 98 valence electrons. The molecule has 19 heavy (non-hydrogen) atoms. The number of ketones is 1. The van der Waals surface area contributed by atoms with Crippen LogP contribution in [-0.2, 0) is 6.42 Å². The van der Waals surface area contributed by atoms with Crippen molar-refractivity contribution in [1.29, 1.82) is 0 Å². The highest BCUT2D eigenvalue weighted by Crippen LogP contribution is 2.26. The molecule has 4 heteroatoms. The summed E-state index contributed by atoms with van der Waals surface area (Å²) in [6.45, 7) is 1.62. The third-order valence-corrected chi connectivity index (χ3v) is 3.60. The van der Waals surface area contributed by atoms with E-state index in [4.69, 9.17) is 23.2 Å². The lowest BCUT2D eigenvalue weighted by Gasteiger charge is -2.08. The molecular weight excluding hydrogens is 286 g/mol. The van der Waals surface area contributed by atoms with Gasteiger partial charge in [0.2, 0.25) is 0 Å². The molecule has 1 nitrogen and oxygen atoms in total. The van der Waals surface area contributed by atoms with E-state index in [1.54, 1.807) is 37.3 Å². The molecule has 0 saturated carbocycles. The molecule has 0 radical (unpaired) electrons. The smallest absolute Gasteiger partial charge is 0.170 e. The van der Waals surface area contributed by atoms with Crippen molar-refractivity contribution in [1.82, 2.24) is 0 Å². The summed E-state index contributed by atoms with van der Waals surface area (Å²) < 4.78 is 13.9. The first-order valence-corrected chi connectivity index (χ1v) is 6.47. The van der Waals surface area contributed by atoms with Crippen LogP contribution in [0.15, 0.2) is 36.4 Å². The van der Waals surface area contributed by atoms with E-state index in [1.807, 2.05) is 0 Å². The predicted molar refractivity (Wildman–Crippen MR) is 75.6 cm³/mol. The molecule has 0 aliphatic rings. The summed E-state index contributed by atoms with van der Waals surface area (Å²) in [4.78, 5) is 12.1. The first-order valence-electron chi connectivity index (χ1n) is 5.72. The van der Waals surface area contributed by atoms with Crippen LogP contribution in [-0.4, -0.2) is 5.78 Å². The fourth-order valence-electron chi connectivity index (χ4n) is 1.82. The second-order valence-electron chi connectivity index (χ2n) is 4.24. The van der Waals surface area contributed by atoms with Crippen molar-refractivity contribution >= 4 is 29.0 Å². The highest BCUT2D eigenvalue weighted by atomic mass is 35.5. The number of halogens is 3. The quantitative estimate of drug-likeness (QED) is 0.739. The summed E-state index contributed by atoms with van der Waals surface area (Å²) in [5, 5.41) is 0.822. The highest BCUT2D eigenvalue weighted by Gasteiger charge is 2.16. The van der Waals surface area contributed by atoms with Gasteiger partial charge < -0.3 is 0 Å². The van der Waals surface area contributed by atoms with E-state index in [9.17, 15) is 9.18 Å². The van der Waals surface area contributed by atoms with Gasteiger partial charge in [-0.3, -0.25) is 4.79 Å². The fraction of sp³-hybridized carbons (Fsp3) is 0.133. The molecule has 0 amide bonds. The van der Waals surface area contributed by atoms with E-state index in [-0.39, 0.29) is 17.8 Å². The van der Waals surface area contributed by atoms with Crippen LogP contribution in [0.5, 0.6) is 0 Å². The number of rotatable bonds is 3. The third-order valence-electron chi connectivity index (χ3n) is 2.89. The van der Waals surface area contributed by atoms with Crippen LogP contribution < -0.4 is 0 Å². The third kappa shape index (κ3) is 2.96. The van der Waals surface area contributed by atoms with Crippen molar-refractivity contribution in [3.05, 3.63) is 69.0 Å². The number of hydrogen-bond donors (Lipinski definition) is 0. The standard InChI is InChI=1S/C15H11Cl2FO/c1-9-4-2-5-10(15(9)18)14(19)8-11-12(16)6-3-7-13(11)17/h2-7H,8H2,1H3. The predicted octanol–water partition coefficient (Wildman–Crippen LogP) is 4.87. The molecule has 2 aromatic carbocycles. The maximum Gasteiger partial charge on any atom is 0.170 e. The van der Waals surface area contributed by atoms with Crippen LogP contribution in [0.3, 0.4) is 0 Å². The van der Waals surface area contributed by atoms with Crippen LogP contribution >= 0.6 is 23.2 Å². The topological polar surface area (TPSA) is 17.1 Å². The van der Waals surface area contributed by atoms with Gasteiger partial charge in [0.1, 0.15) is 5.82 Å². The molecule has 0 aliphatic heterocycles. The normalized spacial score (nSPS) is 10.5. The Morgan fingerprint density at radius 3 is 2.32 bits per heavy atom. The van der Waals surface area contributed by atoms with Gasteiger partial charge in [-0.15, -0.1) is 0 Å². The van der Waals surface area contributed by atoms with Gasteiger partial charge in [0.05, 0.1) is 5.56 Å². The lowest BCUT2D eigenvalue weighted by molar-refractivity contribution is 0.0989. The van der Waals surface area contributed by atoms with E-state index < -0.39 is 5.82 Å². The molecule has 0 spiro atoms. The minimum Gasteiger partial charge on any atom is -0.294 e. The molecule has 0 unspecified atom stereocenters. The summed E-state index contributed by atoms with van der Waals surface area (Å²) >= 11 is 12.0. The minimum atomic E-state index is -0.490. The molecular formula is C15H11Cl2FO. The lowest BCUT2D eigenvalue weighted by Crippen LogP contribution is -2.08. The average Bonchev–Trinajstić information content (AvgIpc) is 2.37. The highest BCUT2D eigenvalue weighted by molar-refractivity contribution is 6.36. The Kier molecular flexibility index (Phi) is 4.23. The van der Waals surface area contributed by atoms with Gasteiger partial charge in [-0.2, -0.15) is 0 Å². The molecule has 0 aliphatic carbocycles. The van der Waals surface area contributed by atoms with E-state index in [0.717, 1.165) is 0 Å². The summed E-state index contributed by atoms with van der Waals surface area (Å²) in [5.41, 5.74) is 1.03. The van der Waals surface area contributed by atoms with Crippen molar-refractivity contribution in [3.63, 3.8) is 0 Å². The van der Waals surface area contributed by atoms with Crippen LogP contribution in [0.25, 0.3) is 0 Å². The van der Waals surface area contributed by atoms with Gasteiger partial charge in [0.15, 0.2) is 5.78 Å². The van der Waals surface area contributed by atoms with Gasteiger partial charge in [0.25, 0.3) is 0 Å². The zero-order valence-electron chi connectivity index (χ0n) is 10.2. The minimum absolute atomic E-state index is 0.0150. The number of carbonyl (C=O) groups excluding carboxylic acids is 1. The Hall–Kier alpha value is -1.38. The molecule has 0 saturated heterocycles. The first kappa shape index (κ1) is 14.0. The molecule has 0 atom stereocenters. The second-order valence-corrected chi connectivity index (χ2v) is 5.05. The zero-order chi connectivity index (χ0) is 14.0. The van der Waals surface area contributed by atoms with Gasteiger partial charge in [-0.1, -0.05) is 41.4 Å². The van der Waals surface area contributed by atoms with Gasteiger partial charge >= 0.3 is 0 Å². The number of Topliss-reactive ketones (excluding diaryl/α,β-unsaturated/α-hetero) is 1. The Morgan fingerprint density at radius 1 is 1.11 bits per heavy atom. The fourth-order valence-corrected chi connectivity index (χ4v) is 2.35. The molecule has 2 rings (SSSR count). The van der Waals surface area contributed by atoms with Crippen LogP contribution in [0, 0.1) is 12.7 Å². The Balaban J connectivity index is 2.34. The Labute approximate surface area is 121 Å². The van der Waals surface area contributed by atoms with Gasteiger partial charge in [-0.25, -0.2) is 4.39 Å². The lowest BCUT2D eigenvalue weighted by atomic mass is 10.0. The molecule has 0 bridgehead atoms.